The molecule has 7 heteroatoms. The summed E-state index contributed by atoms with van der Waals surface area (Å²) in [6.45, 7) is 4.77. The third-order valence-corrected chi connectivity index (χ3v) is 7.51. The molecular weight excluding hydrogens is 439 g/mol. The highest BCUT2D eigenvalue weighted by Gasteiger charge is 2.57. The Bertz CT molecular complexity index is 1010. The monoisotopic (exact) mass is 465 g/mol. The van der Waals surface area contributed by atoms with Crippen LogP contribution in [0.3, 0.4) is 0 Å². The number of halogens is 4. The third kappa shape index (κ3) is 4.21. The highest BCUT2D eigenvalue weighted by molar-refractivity contribution is 6.31. The number of amides is 1. The number of alkyl halides is 3. The zero-order valence-electron chi connectivity index (χ0n) is 18.3. The van der Waals surface area contributed by atoms with Crippen LogP contribution in [0.2, 0.25) is 5.02 Å². The molecule has 172 valence electrons. The summed E-state index contributed by atoms with van der Waals surface area (Å²) in [4.78, 5) is 12.8. The van der Waals surface area contributed by atoms with Gasteiger partial charge in [-0.05, 0) is 61.8 Å². The van der Waals surface area contributed by atoms with Crippen LogP contribution in [-0.2, 0) is 4.79 Å². The van der Waals surface area contributed by atoms with Crippen LogP contribution in [0.4, 0.5) is 13.2 Å². The molecule has 3 nitrogen and oxygen atoms in total. The van der Waals surface area contributed by atoms with E-state index in [0.29, 0.717) is 5.02 Å². The Morgan fingerprint density at radius 2 is 1.88 bits per heavy atom. The van der Waals surface area contributed by atoms with Crippen molar-refractivity contribution in [2.75, 3.05) is 6.61 Å². The molecule has 2 fully saturated rings. The van der Waals surface area contributed by atoms with E-state index >= 15 is 0 Å². The molecule has 1 N–H and O–H groups in total. The minimum atomic E-state index is -4.41. The smallest absolute Gasteiger partial charge is 0.422 e. The highest BCUT2D eigenvalue weighted by atomic mass is 35.5. The van der Waals surface area contributed by atoms with Crippen molar-refractivity contribution in [1.29, 1.82) is 0 Å². The number of nitrogens with one attached hydrogen (secondary N) is 1. The molecule has 0 spiro atoms. The van der Waals surface area contributed by atoms with Gasteiger partial charge in [0.2, 0.25) is 5.91 Å². The largest absolute Gasteiger partial charge is 0.484 e. The van der Waals surface area contributed by atoms with E-state index in [9.17, 15) is 18.0 Å². The topological polar surface area (TPSA) is 38.3 Å². The lowest BCUT2D eigenvalue weighted by Gasteiger charge is -2.46. The van der Waals surface area contributed by atoms with Crippen molar-refractivity contribution in [2.45, 2.75) is 57.7 Å². The van der Waals surface area contributed by atoms with Crippen molar-refractivity contribution in [3.63, 3.8) is 0 Å². The van der Waals surface area contributed by atoms with E-state index in [1.165, 1.54) is 6.07 Å². The molecule has 1 saturated heterocycles. The molecule has 2 aromatic rings. The van der Waals surface area contributed by atoms with Crippen molar-refractivity contribution in [1.82, 2.24) is 5.32 Å². The average molecular weight is 466 g/mol. The molecule has 32 heavy (non-hydrogen) atoms. The van der Waals surface area contributed by atoms with Crippen molar-refractivity contribution >= 4 is 17.5 Å². The second kappa shape index (κ2) is 8.29. The quantitative estimate of drug-likeness (QED) is 0.568. The van der Waals surface area contributed by atoms with Gasteiger partial charge in [0.15, 0.2) is 6.61 Å². The minimum absolute atomic E-state index is 0.00905. The SMILES string of the molecule is Cc1ccc([C@@H]2[C@@H]3[C@@H](C)NC(=O)[C@]3(C)CC[C@H]2c2ccc(OCC(F)(F)F)cc2Cl)cc1. The van der Waals surface area contributed by atoms with E-state index in [-0.39, 0.29) is 35.5 Å². The second-order valence-corrected chi connectivity index (χ2v) is 9.78. The van der Waals surface area contributed by atoms with Crippen molar-refractivity contribution in [3.05, 3.63) is 64.2 Å². The van der Waals surface area contributed by atoms with Crippen molar-refractivity contribution in [3.8, 4) is 5.75 Å². The summed E-state index contributed by atoms with van der Waals surface area (Å²) in [6.07, 6.45) is -2.93. The van der Waals surface area contributed by atoms with E-state index in [1.54, 1.807) is 12.1 Å². The highest BCUT2D eigenvalue weighted by Crippen LogP contribution is 2.59. The average Bonchev–Trinajstić information content (AvgIpc) is 2.95. The first-order valence-electron chi connectivity index (χ1n) is 10.9. The summed E-state index contributed by atoms with van der Waals surface area (Å²) in [5.41, 5.74) is 2.72. The molecule has 1 amide bonds. The Morgan fingerprint density at radius 3 is 2.50 bits per heavy atom. The van der Waals surface area contributed by atoms with Gasteiger partial charge in [-0.2, -0.15) is 13.2 Å². The van der Waals surface area contributed by atoms with Crippen LogP contribution in [0.25, 0.3) is 0 Å². The van der Waals surface area contributed by atoms with Crippen LogP contribution in [-0.4, -0.2) is 24.7 Å². The molecule has 1 aliphatic carbocycles. The lowest BCUT2D eigenvalue weighted by Crippen LogP contribution is -2.42. The number of rotatable bonds is 4. The number of carbonyl (C=O) groups is 1. The summed E-state index contributed by atoms with van der Waals surface area (Å²) in [7, 11) is 0. The van der Waals surface area contributed by atoms with Gasteiger partial charge in [-0.1, -0.05) is 54.4 Å². The predicted molar refractivity (Wildman–Crippen MR) is 118 cm³/mol. The van der Waals surface area contributed by atoms with E-state index in [4.69, 9.17) is 16.3 Å². The fraction of sp³-hybridized carbons (Fsp3) is 0.480. The third-order valence-electron chi connectivity index (χ3n) is 7.18. The Morgan fingerprint density at radius 1 is 1.19 bits per heavy atom. The molecule has 1 aliphatic heterocycles. The van der Waals surface area contributed by atoms with Crippen LogP contribution in [0.15, 0.2) is 42.5 Å². The summed E-state index contributed by atoms with van der Waals surface area (Å²) in [5, 5.41) is 3.53. The van der Waals surface area contributed by atoms with E-state index in [0.717, 1.165) is 29.5 Å². The minimum Gasteiger partial charge on any atom is -0.484 e. The lowest BCUT2D eigenvalue weighted by molar-refractivity contribution is -0.153. The number of fused-ring (bicyclic) bond motifs is 1. The molecule has 0 aromatic heterocycles. The summed E-state index contributed by atoms with van der Waals surface area (Å²) in [5.74, 6) is 0.341. The van der Waals surface area contributed by atoms with Gasteiger partial charge in [0.05, 0.1) is 5.41 Å². The van der Waals surface area contributed by atoms with Crippen molar-refractivity contribution < 1.29 is 22.7 Å². The standard InChI is InChI=1S/C25H27ClF3NO2/c1-14-4-6-16(7-5-14)21-19(10-11-24(3)22(21)15(2)30-23(24)31)18-9-8-17(12-20(18)26)32-13-25(27,28)29/h4-9,12,15,19,21-22H,10-11,13H2,1-3H3,(H,30,31)/t15-,19+,21+,22+,24-/m1/s1. The van der Waals surface area contributed by atoms with Gasteiger partial charge in [-0.25, -0.2) is 0 Å². The van der Waals surface area contributed by atoms with Gasteiger partial charge in [0.1, 0.15) is 5.75 Å². The summed E-state index contributed by atoms with van der Waals surface area (Å²) in [6, 6.07) is 13.2. The number of hydrogen-bond acceptors (Lipinski definition) is 2. The van der Waals surface area contributed by atoms with Crippen LogP contribution < -0.4 is 10.1 Å². The first-order valence-corrected chi connectivity index (χ1v) is 11.2. The molecule has 1 heterocycles. The number of benzene rings is 2. The fourth-order valence-electron chi connectivity index (χ4n) is 5.68. The molecule has 0 bridgehead atoms. The lowest BCUT2D eigenvalue weighted by atomic mass is 9.56. The molecule has 5 atom stereocenters. The van der Waals surface area contributed by atoms with Crippen LogP contribution in [0.5, 0.6) is 5.75 Å². The number of aryl methyl sites for hydroxylation is 1. The molecular formula is C25H27ClF3NO2. The maximum atomic E-state index is 12.8. The van der Waals surface area contributed by atoms with Gasteiger partial charge in [0.25, 0.3) is 0 Å². The molecule has 2 aliphatic rings. The van der Waals surface area contributed by atoms with Crippen molar-refractivity contribution in [2.24, 2.45) is 11.3 Å². The fourth-order valence-corrected chi connectivity index (χ4v) is 5.99. The number of ether oxygens (including phenoxy) is 1. The molecule has 1 saturated carbocycles. The van der Waals surface area contributed by atoms with E-state index in [2.05, 4.69) is 29.6 Å². The van der Waals surface area contributed by atoms with Gasteiger partial charge < -0.3 is 10.1 Å². The van der Waals surface area contributed by atoms with E-state index < -0.39 is 18.2 Å². The maximum absolute atomic E-state index is 12.8. The van der Waals surface area contributed by atoms with Crippen LogP contribution in [0, 0.1) is 18.3 Å². The van der Waals surface area contributed by atoms with Crippen LogP contribution >= 0.6 is 11.6 Å². The van der Waals surface area contributed by atoms with Gasteiger partial charge >= 0.3 is 6.18 Å². The Labute approximate surface area is 191 Å². The first-order chi connectivity index (χ1) is 15.0. The zero-order chi connectivity index (χ0) is 23.3. The maximum Gasteiger partial charge on any atom is 0.422 e. The Balaban J connectivity index is 1.72. The molecule has 0 radical (unpaired) electrons. The molecule has 4 rings (SSSR count). The number of hydrogen-bond donors (Lipinski definition) is 1. The first kappa shape index (κ1) is 23.0. The normalized spacial score (nSPS) is 30.0. The molecule has 0 unspecified atom stereocenters. The van der Waals surface area contributed by atoms with Crippen LogP contribution in [0.1, 0.15) is 55.2 Å². The Kier molecular flexibility index (Phi) is 5.95. The van der Waals surface area contributed by atoms with E-state index in [1.807, 2.05) is 20.8 Å². The van der Waals surface area contributed by atoms with Gasteiger partial charge in [-0.15, -0.1) is 0 Å². The number of carbonyl (C=O) groups excluding carboxylic acids is 1. The predicted octanol–water partition coefficient (Wildman–Crippen LogP) is 6.39. The second-order valence-electron chi connectivity index (χ2n) is 9.37. The molecule has 2 aromatic carbocycles. The summed E-state index contributed by atoms with van der Waals surface area (Å²) >= 11 is 6.59. The van der Waals surface area contributed by atoms with Gasteiger partial charge in [-0.3, -0.25) is 4.79 Å². The van der Waals surface area contributed by atoms with Gasteiger partial charge in [0, 0.05) is 17.0 Å². The Hall–Kier alpha value is -2.21. The summed E-state index contributed by atoms with van der Waals surface area (Å²) < 4.78 is 42.4. The zero-order valence-corrected chi connectivity index (χ0v) is 19.1.